The molecule has 0 unspecified atom stereocenters. The van der Waals surface area contributed by atoms with Crippen molar-refractivity contribution in [1.82, 2.24) is 10.6 Å². The number of hydrogen-bond donors (Lipinski definition) is 2. The normalized spacial score (nSPS) is 15.8. The second-order valence-electron chi connectivity index (χ2n) is 4.07. The van der Waals surface area contributed by atoms with Gasteiger partial charge in [-0.1, -0.05) is 11.6 Å². The molecule has 0 saturated carbocycles. The fraction of sp³-hybridized carbons (Fsp3) is 0.727. The van der Waals surface area contributed by atoms with E-state index in [1.165, 1.54) is 5.57 Å². The number of carbonyl (C=O) groups excluding carboxylic acids is 1. The zero-order valence-electron chi connectivity index (χ0n) is 9.57. The molecule has 1 aliphatic rings. The lowest BCUT2D eigenvalue weighted by atomic mass is 10.2. The summed E-state index contributed by atoms with van der Waals surface area (Å²) < 4.78 is 35.3. The van der Waals surface area contributed by atoms with Gasteiger partial charge in [-0.3, -0.25) is 4.79 Å². The molecule has 0 aromatic rings. The molecule has 1 aliphatic carbocycles. The van der Waals surface area contributed by atoms with Gasteiger partial charge < -0.3 is 10.6 Å². The number of allylic oxidation sites excluding steroid dienone is 1. The van der Waals surface area contributed by atoms with Crippen LogP contribution in [0.5, 0.6) is 0 Å². The van der Waals surface area contributed by atoms with E-state index in [9.17, 15) is 18.0 Å². The highest BCUT2D eigenvalue weighted by molar-refractivity contribution is 5.77. The van der Waals surface area contributed by atoms with Gasteiger partial charge in [0.05, 0.1) is 13.1 Å². The van der Waals surface area contributed by atoms with Gasteiger partial charge in [0.2, 0.25) is 5.91 Å². The van der Waals surface area contributed by atoms with E-state index in [2.05, 4.69) is 16.7 Å². The predicted octanol–water partition coefficient (Wildman–Crippen LogP) is 1.75. The average Bonchev–Trinajstić information content (AvgIpc) is 2.68. The van der Waals surface area contributed by atoms with Gasteiger partial charge in [-0.05, 0) is 25.7 Å². The summed E-state index contributed by atoms with van der Waals surface area (Å²) in [6.07, 6.45) is 2.02. The van der Waals surface area contributed by atoms with Crippen molar-refractivity contribution in [1.29, 1.82) is 0 Å². The first-order valence-corrected chi connectivity index (χ1v) is 5.69. The quantitative estimate of drug-likeness (QED) is 0.705. The minimum absolute atomic E-state index is 0.293. The molecule has 0 aliphatic heterocycles. The lowest BCUT2D eigenvalue weighted by molar-refractivity contribution is -0.128. The third-order valence-corrected chi connectivity index (χ3v) is 2.51. The Labute approximate surface area is 98.5 Å². The number of rotatable bonds is 6. The van der Waals surface area contributed by atoms with Crippen molar-refractivity contribution in [2.45, 2.75) is 31.9 Å². The summed E-state index contributed by atoms with van der Waals surface area (Å²) in [6.45, 7) is -0.928. The van der Waals surface area contributed by atoms with E-state index in [4.69, 9.17) is 0 Å². The molecule has 6 heteroatoms. The maximum Gasteiger partial charge on any atom is 0.401 e. The van der Waals surface area contributed by atoms with Gasteiger partial charge in [0, 0.05) is 6.54 Å². The van der Waals surface area contributed by atoms with Crippen LogP contribution in [0.25, 0.3) is 0 Å². The average molecular weight is 250 g/mol. The van der Waals surface area contributed by atoms with E-state index < -0.39 is 18.6 Å². The van der Waals surface area contributed by atoms with Crippen LogP contribution < -0.4 is 10.6 Å². The fourth-order valence-corrected chi connectivity index (χ4v) is 1.71. The Kier molecular flexibility index (Phi) is 5.47. The molecule has 2 N–H and O–H groups in total. The van der Waals surface area contributed by atoms with Crippen LogP contribution in [0.3, 0.4) is 0 Å². The van der Waals surface area contributed by atoms with Crippen molar-refractivity contribution in [2.75, 3.05) is 19.6 Å². The van der Waals surface area contributed by atoms with E-state index in [-0.39, 0.29) is 6.54 Å². The summed E-state index contributed by atoms with van der Waals surface area (Å²) in [5.41, 5.74) is 1.33. The molecule has 98 valence electrons. The largest absolute Gasteiger partial charge is 0.401 e. The van der Waals surface area contributed by atoms with Crippen LogP contribution >= 0.6 is 0 Å². The first-order chi connectivity index (χ1) is 7.97. The third kappa shape index (κ3) is 6.99. The standard InChI is InChI=1S/C11H17F3N2O/c12-11(13,14)8-15-7-10(17)16-6-5-9-3-1-2-4-9/h3,15H,1-2,4-8H2,(H,16,17). The first kappa shape index (κ1) is 14.0. The molecule has 17 heavy (non-hydrogen) atoms. The Balaban J connectivity index is 2.01. The second-order valence-corrected chi connectivity index (χ2v) is 4.07. The number of halogens is 3. The smallest absolute Gasteiger partial charge is 0.355 e. The molecular formula is C11H17F3N2O. The maximum atomic E-state index is 11.8. The summed E-state index contributed by atoms with van der Waals surface area (Å²) in [5.74, 6) is -0.396. The van der Waals surface area contributed by atoms with Crippen molar-refractivity contribution in [3.05, 3.63) is 11.6 Å². The molecule has 0 radical (unpaired) electrons. The van der Waals surface area contributed by atoms with Crippen molar-refractivity contribution in [3.63, 3.8) is 0 Å². The highest BCUT2D eigenvalue weighted by Crippen LogP contribution is 2.19. The van der Waals surface area contributed by atoms with Crippen molar-refractivity contribution in [2.24, 2.45) is 0 Å². The zero-order valence-corrected chi connectivity index (χ0v) is 9.57. The van der Waals surface area contributed by atoms with Crippen LogP contribution in [-0.2, 0) is 4.79 Å². The van der Waals surface area contributed by atoms with Crippen molar-refractivity contribution < 1.29 is 18.0 Å². The molecule has 0 saturated heterocycles. The van der Waals surface area contributed by atoms with Crippen LogP contribution in [0.1, 0.15) is 25.7 Å². The number of alkyl halides is 3. The predicted molar refractivity (Wildman–Crippen MR) is 58.5 cm³/mol. The Hall–Kier alpha value is -1.04. The molecule has 0 fully saturated rings. The molecule has 0 aromatic heterocycles. The summed E-state index contributed by atoms with van der Waals surface area (Å²) >= 11 is 0. The topological polar surface area (TPSA) is 41.1 Å². The van der Waals surface area contributed by atoms with Crippen molar-refractivity contribution >= 4 is 5.91 Å². The van der Waals surface area contributed by atoms with E-state index in [1.807, 2.05) is 0 Å². The third-order valence-electron chi connectivity index (χ3n) is 2.51. The van der Waals surface area contributed by atoms with Crippen LogP contribution in [0.15, 0.2) is 11.6 Å². The zero-order chi connectivity index (χ0) is 12.7. The van der Waals surface area contributed by atoms with Gasteiger partial charge in [0.25, 0.3) is 0 Å². The number of amides is 1. The van der Waals surface area contributed by atoms with Gasteiger partial charge in [-0.15, -0.1) is 0 Å². The maximum absolute atomic E-state index is 11.8. The monoisotopic (exact) mass is 250 g/mol. The lowest BCUT2D eigenvalue weighted by Gasteiger charge is -2.09. The van der Waals surface area contributed by atoms with Gasteiger partial charge >= 0.3 is 6.18 Å². The molecule has 3 nitrogen and oxygen atoms in total. The first-order valence-electron chi connectivity index (χ1n) is 5.69. The number of hydrogen-bond acceptors (Lipinski definition) is 2. The molecule has 0 aromatic carbocycles. The van der Waals surface area contributed by atoms with E-state index >= 15 is 0 Å². The summed E-state index contributed by atoms with van der Waals surface area (Å²) in [6, 6.07) is 0. The minimum atomic E-state index is -4.27. The highest BCUT2D eigenvalue weighted by atomic mass is 19.4. The molecule has 0 atom stereocenters. The molecule has 1 amide bonds. The summed E-state index contributed by atoms with van der Waals surface area (Å²) in [4.78, 5) is 11.1. The van der Waals surface area contributed by atoms with Gasteiger partial charge in [0.1, 0.15) is 0 Å². The lowest BCUT2D eigenvalue weighted by Crippen LogP contribution is -2.38. The highest BCUT2D eigenvalue weighted by Gasteiger charge is 2.26. The Morgan fingerprint density at radius 2 is 2.18 bits per heavy atom. The van der Waals surface area contributed by atoms with Gasteiger partial charge in [0.15, 0.2) is 0 Å². The summed E-state index contributed by atoms with van der Waals surface area (Å²) in [5, 5.41) is 4.64. The summed E-state index contributed by atoms with van der Waals surface area (Å²) in [7, 11) is 0. The molecule has 0 spiro atoms. The fourth-order valence-electron chi connectivity index (χ4n) is 1.71. The minimum Gasteiger partial charge on any atom is -0.355 e. The number of nitrogens with one attached hydrogen (secondary N) is 2. The molecular weight excluding hydrogens is 233 g/mol. The van der Waals surface area contributed by atoms with Crippen LogP contribution in [0.4, 0.5) is 13.2 Å². The molecule has 0 heterocycles. The Bertz CT molecular complexity index is 287. The Morgan fingerprint density at radius 3 is 2.76 bits per heavy atom. The van der Waals surface area contributed by atoms with Gasteiger partial charge in [-0.25, -0.2) is 0 Å². The SMILES string of the molecule is O=C(CNCC(F)(F)F)NCCC1=CCCC1. The molecule has 1 rings (SSSR count). The van der Waals surface area contributed by atoms with Crippen LogP contribution in [0.2, 0.25) is 0 Å². The number of carbonyl (C=O) groups is 1. The van der Waals surface area contributed by atoms with E-state index in [0.717, 1.165) is 25.7 Å². The van der Waals surface area contributed by atoms with E-state index in [1.54, 1.807) is 0 Å². The Morgan fingerprint density at radius 1 is 1.41 bits per heavy atom. The van der Waals surface area contributed by atoms with E-state index in [0.29, 0.717) is 6.54 Å². The van der Waals surface area contributed by atoms with Gasteiger partial charge in [-0.2, -0.15) is 13.2 Å². The van der Waals surface area contributed by atoms with Crippen molar-refractivity contribution in [3.8, 4) is 0 Å². The van der Waals surface area contributed by atoms with Crippen LogP contribution in [-0.4, -0.2) is 31.7 Å². The molecule has 0 bridgehead atoms. The second kappa shape index (κ2) is 6.64. The van der Waals surface area contributed by atoms with Crippen LogP contribution in [0, 0.1) is 0 Å².